The number of hydrogen-bond acceptors (Lipinski definition) is 2. The lowest BCUT2D eigenvalue weighted by Crippen LogP contribution is -2.22. The fourth-order valence-corrected chi connectivity index (χ4v) is 2.67. The molecule has 98 valence electrons. The van der Waals surface area contributed by atoms with Gasteiger partial charge in [-0.05, 0) is 17.9 Å². The highest BCUT2D eigenvalue weighted by molar-refractivity contribution is 7.80. The number of benzene rings is 1. The van der Waals surface area contributed by atoms with Gasteiger partial charge in [-0.2, -0.15) is 0 Å². The first kappa shape index (κ1) is 13.4. The third-order valence-corrected chi connectivity index (χ3v) is 4.02. The summed E-state index contributed by atoms with van der Waals surface area (Å²) < 4.78 is 14.2. The van der Waals surface area contributed by atoms with Gasteiger partial charge >= 0.3 is 0 Å². The number of rotatable bonds is 3. The molecule has 2 rings (SSSR count). The molecule has 1 aliphatic heterocycles. The van der Waals surface area contributed by atoms with Crippen LogP contribution in [0, 0.1) is 17.7 Å². The Bertz CT molecular complexity index is 451. The zero-order valence-corrected chi connectivity index (χ0v) is 11.6. The van der Waals surface area contributed by atoms with Gasteiger partial charge in [-0.15, -0.1) is 0 Å². The van der Waals surface area contributed by atoms with Gasteiger partial charge in [-0.1, -0.05) is 38.2 Å². The number of likely N-dealkylation sites (tertiary alicyclic amines) is 1. The average Bonchev–Trinajstić information content (AvgIpc) is 2.60. The molecule has 0 aliphatic carbocycles. The second kappa shape index (κ2) is 5.33. The van der Waals surface area contributed by atoms with Crippen molar-refractivity contribution >= 4 is 17.2 Å². The van der Waals surface area contributed by atoms with Crippen molar-refractivity contribution in [1.82, 2.24) is 4.90 Å². The summed E-state index contributed by atoms with van der Waals surface area (Å²) in [7, 11) is 0. The van der Waals surface area contributed by atoms with Crippen LogP contribution in [0.5, 0.6) is 0 Å². The largest absolute Gasteiger partial charge is 0.389 e. The number of thiocarbonyl (C=S) groups is 1. The zero-order valence-electron chi connectivity index (χ0n) is 10.8. The van der Waals surface area contributed by atoms with Gasteiger partial charge in [0.2, 0.25) is 0 Å². The second-order valence-electron chi connectivity index (χ2n) is 5.29. The Morgan fingerprint density at radius 1 is 1.39 bits per heavy atom. The van der Waals surface area contributed by atoms with Crippen molar-refractivity contribution in [2.75, 3.05) is 13.1 Å². The van der Waals surface area contributed by atoms with E-state index in [9.17, 15) is 4.39 Å². The van der Waals surface area contributed by atoms with Crippen LogP contribution < -0.4 is 5.73 Å². The highest BCUT2D eigenvalue weighted by Crippen LogP contribution is 2.24. The van der Waals surface area contributed by atoms with E-state index in [0.29, 0.717) is 29.5 Å². The summed E-state index contributed by atoms with van der Waals surface area (Å²) >= 11 is 4.85. The molecule has 1 aromatic rings. The maximum Gasteiger partial charge on any atom is 0.137 e. The summed E-state index contributed by atoms with van der Waals surface area (Å²) in [5, 5.41) is 0. The van der Waals surface area contributed by atoms with Crippen LogP contribution in [0.4, 0.5) is 4.39 Å². The molecule has 1 heterocycles. The van der Waals surface area contributed by atoms with Crippen molar-refractivity contribution in [3.63, 3.8) is 0 Å². The molecule has 0 radical (unpaired) electrons. The van der Waals surface area contributed by atoms with Gasteiger partial charge in [0.25, 0.3) is 0 Å². The van der Waals surface area contributed by atoms with Gasteiger partial charge in [-0.25, -0.2) is 4.39 Å². The van der Waals surface area contributed by atoms with E-state index in [1.54, 1.807) is 6.07 Å². The van der Waals surface area contributed by atoms with Crippen LogP contribution in [0.15, 0.2) is 18.2 Å². The number of halogens is 1. The Morgan fingerprint density at radius 3 is 2.56 bits per heavy atom. The van der Waals surface area contributed by atoms with E-state index in [4.69, 9.17) is 18.0 Å². The third-order valence-electron chi connectivity index (χ3n) is 3.80. The van der Waals surface area contributed by atoms with Gasteiger partial charge in [0.1, 0.15) is 10.8 Å². The quantitative estimate of drug-likeness (QED) is 0.853. The molecule has 2 nitrogen and oxygen atoms in total. The molecule has 0 saturated carbocycles. The van der Waals surface area contributed by atoms with Crippen LogP contribution in [0.1, 0.15) is 25.0 Å². The smallest absolute Gasteiger partial charge is 0.137 e. The van der Waals surface area contributed by atoms with Crippen LogP contribution in [0.2, 0.25) is 0 Å². The first-order valence-corrected chi connectivity index (χ1v) is 6.69. The van der Waals surface area contributed by atoms with Crippen molar-refractivity contribution in [3.05, 3.63) is 35.1 Å². The van der Waals surface area contributed by atoms with E-state index in [1.807, 2.05) is 12.1 Å². The first-order chi connectivity index (χ1) is 8.49. The fraction of sp³-hybridized carbons (Fsp3) is 0.500. The summed E-state index contributed by atoms with van der Waals surface area (Å²) in [4.78, 5) is 2.41. The molecular weight excluding hydrogens is 247 g/mol. The Morgan fingerprint density at radius 2 is 2.00 bits per heavy atom. The van der Waals surface area contributed by atoms with Crippen molar-refractivity contribution < 1.29 is 4.39 Å². The maximum absolute atomic E-state index is 14.2. The molecular formula is C14H19FN2S. The summed E-state index contributed by atoms with van der Waals surface area (Å²) in [6.07, 6.45) is 0. The zero-order chi connectivity index (χ0) is 13.3. The second-order valence-corrected chi connectivity index (χ2v) is 5.73. The molecule has 1 aliphatic rings. The van der Waals surface area contributed by atoms with Crippen molar-refractivity contribution in [1.29, 1.82) is 0 Å². The van der Waals surface area contributed by atoms with E-state index >= 15 is 0 Å². The van der Waals surface area contributed by atoms with Gasteiger partial charge in [0.15, 0.2) is 0 Å². The molecule has 0 spiro atoms. The van der Waals surface area contributed by atoms with Crippen LogP contribution >= 0.6 is 12.2 Å². The molecule has 0 bridgehead atoms. The normalized spacial score (nSPS) is 24.4. The average molecular weight is 266 g/mol. The minimum atomic E-state index is -0.266. The number of hydrogen-bond donors (Lipinski definition) is 1. The van der Waals surface area contributed by atoms with E-state index in [1.165, 1.54) is 0 Å². The number of nitrogens with zero attached hydrogens (tertiary/aromatic N) is 1. The summed E-state index contributed by atoms with van der Waals surface area (Å²) in [6.45, 7) is 7.17. The molecule has 2 atom stereocenters. The molecule has 0 amide bonds. The molecule has 0 aromatic heterocycles. The Balaban J connectivity index is 2.15. The van der Waals surface area contributed by atoms with E-state index in [-0.39, 0.29) is 10.8 Å². The summed E-state index contributed by atoms with van der Waals surface area (Å²) in [6, 6.07) is 5.26. The standard InChI is InChI=1S/C14H19FN2S/c1-9-6-17(7-10(9)2)8-11-4-3-5-12(13(11)15)14(16)18/h3-5,9-10H,6-8H2,1-2H3,(H2,16,18). The lowest BCUT2D eigenvalue weighted by molar-refractivity contribution is 0.311. The van der Waals surface area contributed by atoms with Crippen molar-refractivity contribution in [2.24, 2.45) is 17.6 Å². The molecule has 1 saturated heterocycles. The van der Waals surface area contributed by atoms with E-state index in [0.717, 1.165) is 13.1 Å². The van der Waals surface area contributed by atoms with Crippen LogP contribution in [-0.4, -0.2) is 23.0 Å². The molecule has 18 heavy (non-hydrogen) atoms. The van der Waals surface area contributed by atoms with Gasteiger partial charge < -0.3 is 5.73 Å². The molecule has 4 heteroatoms. The fourth-order valence-electron chi connectivity index (χ4n) is 2.51. The first-order valence-electron chi connectivity index (χ1n) is 6.28. The van der Waals surface area contributed by atoms with Gasteiger partial charge in [-0.3, -0.25) is 4.90 Å². The summed E-state index contributed by atoms with van der Waals surface area (Å²) in [5.74, 6) is 1.08. The van der Waals surface area contributed by atoms with Gasteiger partial charge in [0.05, 0.1) is 0 Å². The Kier molecular flexibility index (Phi) is 3.97. The van der Waals surface area contributed by atoms with Crippen molar-refractivity contribution in [2.45, 2.75) is 20.4 Å². The predicted octanol–water partition coefficient (Wildman–Crippen LogP) is 2.55. The Labute approximate surface area is 113 Å². The van der Waals surface area contributed by atoms with Gasteiger partial charge in [0, 0.05) is 30.8 Å². The minimum absolute atomic E-state index is 0.123. The molecule has 1 fully saturated rings. The maximum atomic E-state index is 14.2. The van der Waals surface area contributed by atoms with Crippen LogP contribution in [-0.2, 0) is 6.54 Å². The lowest BCUT2D eigenvalue weighted by Gasteiger charge is -2.16. The van der Waals surface area contributed by atoms with Crippen LogP contribution in [0.3, 0.4) is 0 Å². The van der Waals surface area contributed by atoms with E-state index < -0.39 is 0 Å². The number of nitrogens with two attached hydrogens (primary N) is 1. The molecule has 1 aromatic carbocycles. The SMILES string of the molecule is CC1CN(Cc2cccc(C(N)=S)c2F)CC1C. The summed E-state index contributed by atoms with van der Waals surface area (Å²) in [5.41, 5.74) is 6.55. The molecule has 2 N–H and O–H groups in total. The lowest BCUT2D eigenvalue weighted by atomic mass is 10.0. The predicted molar refractivity (Wildman–Crippen MR) is 75.9 cm³/mol. The van der Waals surface area contributed by atoms with Crippen LogP contribution in [0.25, 0.3) is 0 Å². The van der Waals surface area contributed by atoms with Crippen molar-refractivity contribution in [3.8, 4) is 0 Å². The minimum Gasteiger partial charge on any atom is -0.389 e. The molecule has 2 unspecified atom stereocenters. The highest BCUT2D eigenvalue weighted by atomic mass is 32.1. The topological polar surface area (TPSA) is 29.3 Å². The third kappa shape index (κ3) is 2.70. The van der Waals surface area contributed by atoms with E-state index in [2.05, 4.69) is 18.7 Å². The highest BCUT2D eigenvalue weighted by Gasteiger charge is 2.26. The monoisotopic (exact) mass is 266 g/mol. The Hall–Kier alpha value is -1.00.